The second-order valence-electron chi connectivity index (χ2n) is 5.99. The van der Waals surface area contributed by atoms with E-state index in [0.717, 1.165) is 12.8 Å². The third-order valence-electron chi connectivity index (χ3n) is 4.41. The van der Waals surface area contributed by atoms with Crippen molar-refractivity contribution in [2.24, 2.45) is 0 Å². The molecule has 0 bridgehead atoms. The zero-order valence-electron chi connectivity index (χ0n) is 12.8. The van der Waals surface area contributed by atoms with E-state index in [9.17, 15) is 9.18 Å². The zero-order chi connectivity index (χ0) is 15.3. The number of urea groups is 1. The van der Waals surface area contributed by atoms with Crippen LogP contribution < -0.4 is 10.6 Å². The van der Waals surface area contributed by atoms with Crippen LogP contribution in [0, 0.1) is 5.82 Å². The van der Waals surface area contributed by atoms with E-state index in [1.807, 2.05) is 0 Å². The van der Waals surface area contributed by atoms with E-state index in [-0.39, 0.29) is 17.4 Å². The molecule has 116 valence electrons. The Labute approximate surface area is 125 Å². The highest BCUT2D eigenvalue weighted by atomic mass is 19.1. The van der Waals surface area contributed by atoms with E-state index >= 15 is 0 Å². The first kappa shape index (κ1) is 15.8. The Bertz CT molecular complexity index is 467. The van der Waals surface area contributed by atoms with E-state index in [1.54, 1.807) is 12.1 Å². The van der Waals surface area contributed by atoms with Gasteiger partial charge < -0.3 is 15.5 Å². The van der Waals surface area contributed by atoms with Crippen LogP contribution in [0.3, 0.4) is 0 Å². The number of benzene rings is 1. The summed E-state index contributed by atoms with van der Waals surface area (Å²) in [5, 5.41) is 5.68. The largest absolute Gasteiger partial charge is 0.336 e. The maximum atomic E-state index is 12.8. The molecular weight excluding hydrogens is 269 g/mol. The van der Waals surface area contributed by atoms with Crippen molar-refractivity contribution in [3.63, 3.8) is 0 Å². The number of hydrogen-bond acceptors (Lipinski definition) is 2. The molecule has 0 atom stereocenters. The summed E-state index contributed by atoms with van der Waals surface area (Å²) in [5.41, 5.74) is 0.648. The molecule has 0 saturated heterocycles. The SMILES string of the molecule is CN(C)C1(CNC(=O)Nc2ccc(F)cc2)CCCCC1. The fourth-order valence-corrected chi connectivity index (χ4v) is 2.95. The minimum Gasteiger partial charge on any atom is -0.336 e. The van der Waals surface area contributed by atoms with Crippen molar-refractivity contribution in [3.8, 4) is 0 Å². The molecule has 0 unspecified atom stereocenters. The van der Waals surface area contributed by atoms with Crippen LogP contribution in [0.4, 0.5) is 14.9 Å². The lowest BCUT2D eigenvalue weighted by molar-refractivity contribution is 0.101. The van der Waals surface area contributed by atoms with E-state index in [0.29, 0.717) is 12.2 Å². The van der Waals surface area contributed by atoms with Crippen LogP contribution in [0.1, 0.15) is 32.1 Å². The third-order valence-corrected chi connectivity index (χ3v) is 4.41. The van der Waals surface area contributed by atoms with Crippen molar-refractivity contribution in [1.82, 2.24) is 10.2 Å². The van der Waals surface area contributed by atoms with Gasteiger partial charge in [-0.15, -0.1) is 0 Å². The Morgan fingerprint density at radius 3 is 2.38 bits per heavy atom. The van der Waals surface area contributed by atoms with Crippen LogP contribution >= 0.6 is 0 Å². The molecule has 0 aromatic heterocycles. The molecule has 0 spiro atoms. The van der Waals surface area contributed by atoms with Crippen molar-refractivity contribution in [2.45, 2.75) is 37.6 Å². The van der Waals surface area contributed by atoms with Gasteiger partial charge in [0.05, 0.1) is 0 Å². The Morgan fingerprint density at radius 1 is 1.19 bits per heavy atom. The Balaban J connectivity index is 1.88. The van der Waals surface area contributed by atoms with E-state index in [1.165, 1.54) is 31.4 Å². The van der Waals surface area contributed by atoms with Gasteiger partial charge in [-0.3, -0.25) is 0 Å². The molecule has 1 aliphatic rings. The summed E-state index contributed by atoms with van der Waals surface area (Å²) in [4.78, 5) is 14.2. The molecule has 0 aliphatic heterocycles. The van der Waals surface area contributed by atoms with Gasteiger partial charge in [0, 0.05) is 17.8 Å². The number of rotatable bonds is 4. The van der Waals surface area contributed by atoms with Gasteiger partial charge in [0.1, 0.15) is 5.82 Å². The minimum absolute atomic E-state index is 0.0540. The predicted molar refractivity (Wildman–Crippen MR) is 82.9 cm³/mol. The minimum atomic E-state index is -0.310. The lowest BCUT2D eigenvalue weighted by Gasteiger charge is -2.43. The van der Waals surface area contributed by atoms with E-state index < -0.39 is 0 Å². The summed E-state index contributed by atoms with van der Waals surface area (Å²) in [7, 11) is 4.15. The normalized spacial score (nSPS) is 17.5. The van der Waals surface area contributed by atoms with Crippen molar-refractivity contribution in [1.29, 1.82) is 0 Å². The molecule has 4 nitrogen and oxygen atoms in total. The summed E-state index contributed by atoms with van der Waals surface area (Å²) in [5.74, 6) is -0.310. The summed E-state index contributed by atoms with van der Waals surface area (Å²) in [6.45, 7) is 0.632. The zero-order valence-corrected chi connectivity index (χ0v) is 12.8. The maximum Gasteiger partial charge on any atom is 0.319 e. The Kier molecular flexibility index (Phi) is 5.17. The average Bonchev–Trinajstić information content (AvgIpc) is 2.48. The van der Waals surface area contributed by atoms with Gasteiger partial charge in [-0.25, -0.2) is 9.18 Å². The van der Waals surface area contributed by atoms with Crippen molar-refractivity contribution >= 4 is 11.7 Å². The number of hydrogen-bond donors (Lipinski definition) is 2. The molecule has 21 heavy (non-hydrogen) atoms. The second kappa shape index (κ2) is 6.89. The van der Waals surface area contributed by atoms with Gasteiger partial charge in [0.2, 0.25) is 0 Å². The maximum absolute atomic E-state index is 12.8. The molecular formula is C16H24FN3O. The Morgan fingerprint density at radius 2 is 1.81 bits per heavy atom. The van der Waals surface area contributed by atoms with Gasteiger partial charge in [0.25, 0.3) is 0 Å². The van der Waals surface area contributed by atoms with Crippen LogP contribution in [0.5, 0.6) is 0 Å². The number of carbonyl (C=O) groups is 1. The van der Waals surface area contributed by atoms with Crippen molar-refractivity contribution in [3.05, 3.63) is 30.1 Å². The van der Waals surface area contributed by atoms with Crippen molar-refractivity contribution in [2.75, 3.05) is 26.0 Å². The highest BCUT2D eigenvalue weighted by Gasteiger charge is 2.34. The summed E-state index contributed by atoms with van der Waals surface area (Å²) in [6, 6.07) is 5.53. The molecule has 1 aromatic carbocycles. The first-order chi connectivity index (χ1) is 10.0. The molecule has 2 N–H and O–H groups in total. The smallest absolute Gasteiger partial charge is 0.319 e. The van der Waals surface area contributed by atoms with Crippen molar-refractivity contribution < 1.29 is 9.18 Å². The second-order valence-corrected chi connectivity index (χ2v) is 5.99. The first-order valence-corrected chi connectivity index (χ1v) is 7.50. The number of nitrogens with zero attached hydrogens (tertiary/aromatic N) is 1. The standard InChI is InChI=1S/C16H24FN3O/c1-20(2)16(10-4-3-5-11-16)12-18-15(21)19-14-8-6-13(17)7-9-14/h6-9H,3-5,10-12H2,1-2H3,(H2,18,19,21). The topological polar surface area (TPSA) is 44.4 Å². The number of carbonyl (C=O) groups excluding carboxylic acids is 1. The average molecular weight is 293 g/mol. The van der Waals surface area contributed by atoms with E-state index in [2.05, 4.69) is 29.6 Å². The fourth-order valence-electron chi connectivity index (χ4n) is 2.95. The van der Waals surface area contributed by atoms with E-state index in [4.69, 9.17) is 0 Å². The van der Waals surface area contributed by atoms with Gasteiger partial charge in [-0.1, -0.05) is 19.3 Å². The summed E-state index contributed by atoms with van der Waals surface area (Å²) in [6.07, 6.45) is 5.91. The van der Waals surface area contributed by atoms with Crippen LogP contribution in [-0.2, 0) is 0 Å². The molecule has 1 aromatic rings. The summed E-state index contributed by atoms with van der Waals surface area (Å²) >= 11 is 0. The van der Waals surface area contributed by atoms with Gasteiger partial charge in [-0.2, -0.15) is 0 Å². The monoisotopic (exact) mass is 293 g/mol. The quantitative estimate of drug-likeness (QED) is 0.895. The number of halogens is 1. The number of nitrogens with one attached hydrogen (secondary N) is 2. The van der Waals surface area contributed by atoms with Crippen LogP contribution in [0.25, 0.3) is 0 Å². The number of anilines is 1. The highest BCUT2D eigenvalue weighted by molar-refractivity contribution is 5.89. The molecule has 5 heteroatoms. The molecule has 0 heterocycles. The van der Waals surface area contributed by atoms with Gasteiger partial charge in [0.15, 0.2) is 0 Å². The molecule has 0 radical (unpaired) electrons. The van der Waals surface area contributed by atoms with Gasteiger partial charge >= 0.3 is 6.03 Å². The highest BCUT2D eigenvalue weighted by Crippen LogP contribution is 2.31. The molecule has 2 rings (SSSR count). The molecule has 2 amide bonds. The lowest BCUT2D eigenvalue weighted by Crippen LogP contribution is -2.54. The molecule has 1 saturated carbocycles. The molecule has 1 aliphatic carbocycles. The summed E-state index contributed by atoms with van der Waals surface area (Å²) < 4.78 is 12.8. The number of amides is 2. The number of likely N-dealkylation sites (N-methyl/N-ethyl adjacent to an activating group) is 1. The third kappa shape index (κ3) is 4.17. The first-order valence-electron chi connectivity index (χ1n) is 7.50. The lowest BCUT2D eigenvalue weighted by atomic mass is 9.80. The molecule has 1 fully saturated rings. The van der Waals surface area contributed by atoms with Crippen LogP contribution in [0.2, 0.25) is 0 Å². The predicted octanol–water partition coefficient (Wildman–Crippen LogP) is 3.21. The van der Waals surface area contributed by atoms with Crippen LogP contribution in [0.15, 0.2) is 24.3 Å². The fraction of sp³-hybridized carbons (Fsp3) is 0.562. The van der Waals surface area contributed by atoms with Crippen LogP contribution in [-0.4, -0.2) is 37.1 Å². The Hall–Kier alpha value is -1.62. The van der Waals surface area contributed by atoms with Gasteiger partial charge in [-0.05, 0) is 51.2 Å².